The highest BCUT2D eigenvalue weighted by molar-refractivity contribution is 7.91. The molecule has 1 rings (SSSR count). The molecule has 0 spiro atoms. The zero-order valence-corrected chi connectivity index (χ0v) is 11.8. The fourth-order valence-corrected chi connectivity index (χ4v) is 2.55. The average molecular weight is 271 g/mol. The minimum absolute atomic E-state index is 0.0848. The van der Waals surface area contributed by atoms with Gasteiger partial charge in [0.05, 0.1) is 5.75 Å². The molecule has 0 radical (unpaired) electrons. The Hall–Kier alpha value is -1.07. The predicted molar refractivity (Wildman–Crippen MR) is 72.8 cm³/mol. The summed E-state index contributed by atoms with van der Waals surface area (Å²) in [5, 5.41) is 3.20. The molecule has 102 valence electrons. The van der Waals surface area contributed by atoms with E-state index in [0.29, 0.717) is 18.9 Å². The molecule has 0 fully saturated rings. The van der Waals surface area contributed by atoms with Crippen LogP contribution >= 0.6 is 0 Å². The lowest BCUT2D eigenvalue weighted by atomic mass is 10.3. The number of nitrogens with one attached hydrogen (secondary N) is 1. The van der Waals surface area contributed by atoms with E-state index >= 15 is 0 Å². The van der Waals surface area contributed by atoms with Crippen molar-refractivity contribution in [1.82, 2.24) is 5.32 Å². The lowest BCUT2D eigenvalue weighted by Crippen LogP contribution is -2.22. The second kappa shape index (κ2) is 7.38. The normalized spacial score (nSPS) is 11.4. The summed E-state index contributed by atoms with van der Waals surface area (Å²) in [5.74, 6) is 0.527. The van der Waals surface area contributed by atoms with Crippen molar-refractivity contribution in [2.45, 2.75) is 25.2 Å². The molecule has 0 heterocycles. The molecular weight excluding hydrogens is 250 g/mol. The van der Waals surface area contributed by atoms with Crippen LogP contribution in [0.5, 0.6) is 5.75 Å². The second-order valence-electron chi connectivity index (χ2n) is 3.95. The molecule has 0 aliphatic heterocycles. The predicted octanol–water partition coefficient (Wildman–Crippen LogP) is 1.86. The van der Waals surface area contributed by atoms with Crippen LogP contribution in [0, 0.1) is 0 Å². The van der Waals surface area contributed by atoms with Crippen LogP contribution in [-0.4, -0.2) is 33.9 Å². The number of rotatable bonds is 8. The number of para-hydroxylation sites is 1. The number of hydrogen-bond donors (Lipinski definition) is 1. The largest absolute Gasteiger partial charge is 0.491 e. The fourth-order valence-electron chi connectivity index (χ4n) is 1.52. The molecular formula is C13H21NO3S. The molecule has 0 unspecified atom stereocenters. The molecule has 1 aromatic rings. The van der Waals surface area contributed by atoms with Crippen molar-refractivity contribution in [3.05, 3.63) is 24.3 Å². The van der Waals surface area contributed by atoms with E-state index in [0.717, 1.165) is 13.0 Å². The third-order valence-electron chi connectivity index (χ3n) is 2.53. The average Bonchev–Trinajstić information content (AvgIpc) is 2.39. The van der Waals surface area contributed by atoms with Gasteiger partial charge in [-0.15, -0.1) is 0 Å². The van der Waals surface area contributed by atoms with Crippen LogP contribution in [0.3, 0.4) is 0 Å². The van der Waals surface area contributed by atoms with Gasteiger partial charge in [-0.05, 0) is 25.1 Å². The van der Waals surface area contributed by atoms with Gasteiger partial charge in [-0.2, -0.15) is 0 Å². The molecule has 0 amide bonds. The first-order valence-electron chi connectivity index (χ1n) is 6.27. The van der Waals surface area contributed by atoms with Crippen LogP contribution in [0.2, 0.25) is 0 Å². The Labute approximate surface area is 109 Å². The maximum atomic E-state index is 11.9. The first-order valence-corrected chi connectivity index (χ1v) is 7.92. The van der Waals surface area contributed by atoms with Gasteiger partial charge in [0.1, 0.15) is 17.3 Å². The zero-order valence-electron chi connectivity index (χ0n) is 11.0. The maximum absolute atomic E-state index is 11.9. The van der Waals surface area contributed by atoms with E-state index in [1.165, 1.54) is 0 Å². The number of sulfone groups is 1. The van der Waals surface area contributed by atoms with E-state index in [-0.39, 0.29) is 10.6 Å². The van der Waals surface area contributed by atoms with Crippen LogP contribution in [0.25, 0.3) is 0 Å². The number of benzene rings is 1. The van der Waals surface area contributed by atoms with E-state index in [9.17, 15) is 8.42 Å². The third kappa shape index (κ3) is 4.31. The smallest absolute Gasteiger partial charge is 0.181 e. The molecule has 0 aliphatic carbocycles. The molecule has 1 aromatic carbocycles. The Morgan fingerprint density at radius 2 is 1.89 bits per heavy atom. The molecule has 0 saturated carbocycles. The summed E-state index contributed by atoms with van der Waals surface area (Å²) >= 11 is 0. The fraction of sp³-hybridized carbons (Fsp3) is 0.538. The summed E-state index contributed by atoms with van der Waals surface area (Å²) < 4.78 is 29.3. The van der Waals surface area contributed by atoms with Crippen molar-refractivity contribution in [3.8, 4) is 5.75 Å². The van der Waals surface area contributed by atoms with Crippen LogP contribution in [0.4, 0.5) is 0 Å². The Balaban J connectivity index is 2.66. The highest BCUT2D eigenvalue weighted by Gasteiger charge is 2.16. The molecule has 0 bridgehead atoms. The summed E-state index contributed by atoms with van der Waals surface area (Å²) in [5.41, 5.74) is 0. The number of hydrogen-bond acceptors (Lipinski definition) is 4. The van der Waals surface area contributed by atoms with Crippen molar-refractivity contribution >= 4 is 9.84 Å². The van der Waals surface area contributed by atoms with Gasteiger partial charge in [-0.25, -0.2) is 8.42 Å². The van der Waals surface area contributed by atoms with Gasteiger partial charge in [0.15, 0.2) is 9.84 Å². The molecule has 0 atom stereocenters. The van der Waals surface area contributed by atoms with E-state index in [1.807, 2.05) is 0 Å². The van der Waals surface area contributed by atoms with Gasteiger partial charge in [-0.3, -0.25) is 0 Å². The van der Waals surface area contributed by atoms with Gasteiger partial charge in [0, 0.05) is 6.54 Å². The highest BCUT2D eigenvalue weighted by Crippen LogP contribution is 2.24. The van der Waals surface area contributed by atoms with Crippen LogP contribution in [-0.2, 0) is 9.84 Å². The van der Waals surface area contributed by atoms with Crippen molar-refractivity contribution < 1.29 is 13.2 Å². The van der Waals surface area contributed by atoms with Crippen molar-refractivity contribution in [3.63, 3.8) is 0 Å². The Morgan fingerprint density at radius 1 is 1.17 bits per heavy atom. The van der Waals surface area contributed by atoms with E-state index in [4.69, 9.17) is 4.74 Å². The van der Waals surface area contributed by atoms with E-state index in [2.05, 4.69) is 12.2 Å². The Bertz CT molecular complexity index is 457. The van der Waals surface area contributed by atoms with Crippen molar-refractivity contribution in [2.24, 2.45) is 0 Å². The minimum atomic E-state index is -3.22. The summed E-state index contributed by atoms with van der Waals surface area (Å²) in [7, 11) is -3.22. The quantitative estimate of drug-likeness (QED) is 0.733. The number of ether oxygens (including phenoxy) is 1. The molecule has 0 aliphatic rings. The van der Waals surface area contributed by atoms with Gasteiger partial charge >= 0.3 is 0 Å². The molecule has 0 saturated heterocycles. The zero-order chi connectivity index (χ0) is 13.4. The topological polar surface area (TPSA) is 55.4 Å². The van der Waals surface area contributed by atoms with Crippen molar-refractivity contribution in [1.29, 1.82) is 0 Å². The maximum Gasteiger partial charge on any atom is 0.181 e. The Morgan fingerprint density at radius 3 is 2.56 bits per heavy atom. The standard InChI is InChI=1S/C13H21NO3S/c1-3-9-14-10-11-17-12-7-5-6-8-13(12)18(15,16)4-2/h5-8,14H,3-4,9-11H2,1-2H3. The van der Waals surface area contributed by atoms with Gasteiger partial charge < -0.3 is 10.1 Å². The lowest BCUT2D eigenvalue weighted by molar-refractivity contribution is 0.306. The van der Waals surface area contributed by atoms with Crippen LogP contribution in [0.1, 0.15) is 20.3 Å². The molecule has 0 aromatic heterocycles. The summed E-state index contributed by atoms with van der Waals surface area (Å²) in [6.45, 7) is 5.86. The minimum Gasteiger partial charge on any atom is -0.491 e. The molecule has 5 heteroatoms. The van der Waals surface area contributed by atoms with Crippen LogP contribution in [0.15, 0.2) is 29.2 Å². The first-order chi connectivity index (χ1) is 8.61. The van der Waals surface area contributed by atoms with Crippen LogP contribution < -0.4 is 10.1 Å². The van der Waals surface area contributed by atoms with E-state index < -0.39 is 9.84 Å². The summed E-state index contributed by atoms with van der Waals surface area (Å²) in [4.78, 5) is 0.281. The third-order valence-corrected chi connectivity index (χ3v) is 4.29. The molecule has 1 N–H and O–H groups in total. The van der Waals surface area contributed by atoms with Crippen molar-refractivity contribution in [2.75, 3.05) is 25.4 Å². The SMILES string of the molecule is CCCNCCOc1ccccc1S(=O)(=O)CC. The summed E-state index contributed by atoms with van der Waals surface area (Å²) in [6, 6.07) is 6.78. The summed E-state index contributed by atoms with van der Waals surface area (Å²) in [6.07, 6.45) is 1.07. The first kappa shape index (κ1) is 15.0. The highest BCUT2D eigenvalue weighted by atomic mass is 32.2. The van der Waals surface area contributed by atoms with Gasteiger partial charge in [0.25, 0.3) is 0 Å². The van der Waals surface area contributed by atoms with Gasteiger partial charge in [-0.1, -0.05) is 26.0 Å². The molecule has 4 nitrogen and oxygen atoms in total. The van der Waals surface area contributed by atoms with E-state index in [1.54, 1.807) is 31.2 Å². The van der Waals surface area contributed by atoms with Gasteiger partial charge in [0.2, 0.25) is 0 Å². The Kier molecular flexibility index (Phi) is 6.15. The lowest BCUT2D eigenvalue weighted by Gasteiger charge is -2.11. The second-order valence-corrected chi connectivity index (χ2v) is 6.20. The monoisotopic (exact) mass is 271 g/mol. The molecule has 18 heavy (non-hydrogen) atoms.